The third kappa shape index (κ3) is 4.96. The number of rotatable bonds is 7. The van der Waals surface area contributed by atoms with E-state index in [2.05, 4.69) is 10.6 Å². The molecule has 0 unspecified atom stereocenters. The highest BCUT2D eigenvalue weighted by Crippen LogP contribution is 2.37. The van der Waals surface area contributed by atoms with E-state index in [1.165, 1.54) is 14.2 Å². The van der Waals surface area contributed by atoms with Crippen LogP contribution >= 0.6 is 0 Å². The number of carbonyl (C=O) groups is 3. The second-order valence-corrected chi connectivity index (χ2v) is 7.60. The Morgan fingerprint density at radius 2 is 1.58 bits per heavy atom. The molecule has 3 rings (SSSR count). The molecule has 3 amide bonds. The van der Waals surface area contributed by atoms with Crippen LogP contribution < -0.4 is 20.1 Å². The van der Waals surface area contributed by atoms with Crippen molar-refractivity contribution in [1.82, 2.24) is 4.90 Å². The van der Waals surface area contributed by atoms with Crippen LogP contribution in [0.2, 0.25) is 0 Å². The standard InChI is InChI=1S/C23H27N3O5/c1-14(2)26-13-16(10-21(26)27)23(29)25-18-12-19(30-3)17(11-20(18)31-4)24-22(28)15-8-6-5-7-9-15/h5-9,11-12,14,16H,10,13H2,1-4H3,(H,24,28)(H,25,29)/t16-/m1/s1. The molecule has 0 aliphatic carbocycles. The fourth-order valence-corrected chi connectivity index (χ4v) is 3.52. The first kappa shape index (κ1) is 22.1. The maximum absolute atomic E-state index is 12.8. The van der Waals surface area contributed by atoms with Crippen LogP contribution in [0.3, 0.4) is 0 Å². The van der Waals surface area contributed by atoms with Gasteiger partial charge in [-0.25, -0.2) is 0 Å². The molecule has 1 aliphatic rings. The molecule has 8 heteroatoms. The molecule has 1 heterocycles. The summed E-state index contributed by atoms with van der Waals surface area (Å²) in [7, 11) is 2.95. The van der Waals surface area contributed by atoms with E-state index in [4.69, 9.17) is 9.47 Å². The Bertz CT molecular complexity index is 975. The molecule has 1 atom stereocenters. The molecule has 0 saturated carbocycles. The van der Waals surface area contributed by atoms with E-state index < -0.39 is 5.92 Å². The first-order valence-electron chi connectivity index (χ1n) is 10.1. The van der Waals surface area contributed by atoms with E-state index in [1.807, 2.05) is 19.9 Å². The van der Waals surface area contributed by atoms with Gasteiger partial charge in [0, 0.05) is 36.7 Å². The molecule has 2 N–H and O–H groups in total. The van der Waals surface area contributed by atoms with Crippen molar-refractivity contribution in [3.63, 3.8) is 0 Å². The maximum atomic E-state index is 12.8. The van der Waals surface area contributed by atoms with E-state index in [-0.39, 0.29) is 30.2 Å². The fourth-order valence-electron chi connectivity index (χ4n) is 3.52. The van der Waals surface area contributed by atoms with Crippen molar-refractivity contribution >= 4 is 29.1 Å². The van der Waals surface area contributed by atoms with Crippen LogP contribution in [0.1, 0.15) is 30.6 Å². The van der Waals surface area contributed by atoms with Gasteiger partial charge >= 0.3 is 0 Å². The number of nitrogens with one attached hydrogen (secondary N) is 2. The highest BCUT2D eigenvalue weighted by molar-refractivity contribution is 6.06. The average molecular weight is 425 g/mol. The zero-order chi connectivity index (χ0) is 22.5. The molecule has 2 aromatic rings. The van der Waals surface area contributed by atoms with Gasteiger partial charge in [0.25, 0.3) is 5.91 Å². The summed E-state index contributed by atoms with van der Waals surface area (Å²) in [5.74, 6) is -0.301. The Kier molecular flexibility index (Phi) is 6.79. The second kappa shape index (κ2) is 9.51. The lowest BCUT2D eigenvalue weighted by Crippen LogP contribution is -2.33. The number of likely N-dealkylation sites (tertiary alicyclic amines) is 1. The lowest BCUT2D eigenvalue weighted by molar-refractivity contribution is -0.129. The minimum Gasteiger partial charge on any atom is -0.494 e. The molecule has 164 valence electrons. The Morgan fingerprint density at radius 3 is 2.10 bits per heavy atom. The highest BCUT2D eigenvalue weighted by Gasteiger charge is 2.35. The lowest BCUT2D eigenvalue weighted by atomic mass is 10.1. The predicted molar refractivity (Wildman–Crippen MR) is 118 cm³/mol. The molecule has 0 aromatic heterocycles. The molecule has 1 aliphatic heterocycles. The van der Waals surface area contributed by atoms with Crippen LogP contribution in [0.15, 0.2) is 42.5 Å². The summed E-state index contributed by atoms with van der Waals surface area (Å²) >= 11 is 0. The molecule has 0 spiro atoms. The van der Waals surface area contributed by atoms with Crippen LogP contribution in [0, 0.1) is 5.92 Å². The van der Waals surface area contributed by atoms with Crippen molar-refractivity contribution in [1.29, 1.82) is 0 Å². The van der Waals surface area contributed by atoms with Gasteiger partial charge in [-0.05, 0) is 26.0 Å². The Hall–Kier alpha value is -3.55. The first-order chi connectivity index (χ1) is 14.8. The first-order valence-corrected chi connectivity index (χ1v) is 10.1. The molecule has 2 aromatic carbocycles. The topological polar surface area (TPSA) is 97.0 Å². The summed E-state index contributed by atoms with van der Waals surface area (Å²) in [6, 6.07) is 12.0. The summed E-state index contributed by atoms with van der Waals surface area (Å²) in [6.07, 6.45) is 0.175. The Labute approximate surface area is 181 Å². The van der Waals surface area contributed by atoms with E-state index in [0.29, 0.717) is 35.0 Å². The summed E-state index contributed by atoms with van der Waals surface area (Å²) in [5, 5.41) is 5.64. The van der Waals surface area contributed by atoms with Crippen molar-refractivity contribution < 1.29 is 23.9 Å². The van der Waals surface area contributed by atoms with E-state index in [9.17, 15) is 14.4 Å². The number of benzene rings is 2. The molecule has 1 fully saturated rings. The molecule has 1 saturated heterocycles. The van der Waals surface area contributed by atoms with E-state index >= 15 is 0 Å². The minimum absolute atomic E-state index is 0.0290. The predicted octanol–water partition coefficient (Wildman–Crippen LogP) is 3.15. The van der Waals surface area contributed by atoms with Gasteiger partial charge in [0.05, 0.1) is 31.5 Å². The Balaban J connectivity index is 1.79. The quantitative estimate of drug-likeness (QED) is 0.710. The highest BCUT2D eigenvalue weighted by atomic mass is 16.5. The average Bonchev–Trinajstić information content (AvgIpc) is 3.17. The van der Waals surface area contributed by atoms with Gasteiger partial charge < -0.3 is 25.0 Å². The third-order valence-corrected chi connectivity index (χ3v) is 5.22. The van der Waals surface area contributed by atoms with Gasteiger partial charge in [0.15, 0.2) is 0 Å². The summed E-state index contributed by atoms with van der Waals surface area (Å²) in [5.41, 5.74) is 1.31. The van der Waals surface area contributed by atoms with Crippen molar-refractivity contribution in [3.8, 4) is 11.5 Å². The minimum atomic E-state index is -0.442. The van der Waals surface area contributed by atoms with Gasteiger partial charge in [0.2, 0.25) is 11.8 Å². The number of carbonyl (C=O) groups excluding carboxylic acids is 3. The smallest absolute Gasteiger partial charge is 0.255 e. The second-order valence-electron chi connectivity index (χ2n) is 7.60. The van der Waals surface area contributed by atoms with Gasteiger partial charge in [-0.15, -0.1) is 0 Å². The van der Waals surface area contributed by atoms with Crippen LogP contribution in [-0.2, 0) is 9.59 Å². The van der Waals surface area contributed by atoms with Crippen LogP contribution in [0.25, 0.3) is 0 Å². The van der Waals surface area contributed by atoms with Crippen LogP contribution in [0.5, 0.6) is 11.5 Å². The van der Waals surface area contributed by atoms with Crippen molar-refractivity contribution in [3.05, 3.63) is 48.0 Å². The van der Waals surface area contributed by atoms with E-state index in [1.54, 1.807) is 41.3 Å². The number of hydrogen-bond acceptors (Lipinski definition) is 5. The maximum Gasteiger partial charge on any atom is 0.255 e. The molecular weight excluding hydrogens is 398 g/mol. The van der Waals surface area contributed by atoms with Gasteiger partial charge in [-0.2, -0.15) is 0 Å². The summed E-state index contributed by atoms with van der Waals surface area (Å²) in [4.78, 5) is 39.1. The number of amides is 3. The Morgan fingerprint density at radius 1 is 1.00 bits per heavy atom. The normalized spacial score (nSPS) is 15.7. The lowest BCUT2D eigenvalue weighted by Gasteiger charge is -2.21. The number of nitrogens with zero attached hydrogens (tertiary/aromatic N) is 1. The third-order valence-electron chi connectivity index (χ3n) is 5.22. The summed E-state index contributed by atoms with van der Waals surface area (Å²) < 4.78 is 10.8. The zero-order valence-corrected chi connectivity index (χ0v) is 18.1. The largest absolute Gasteiger partial charge is 0.494 e. The van der Waals surface area contributed by atoms with E-state index in [0.717, 1.165) is 0 Å². The number of anilines is 2. The fraction of sp³-hybridized carbons (Fsp3) is 0.348. The van der Waals surface area contributed by atoms with Gasteiger partial charge in [-0.3, -0.25) is 14.4 Å². The summed E-state index contributed by atoms with van der Waals surface area (Å²) in [6.45, 7) is 4.23. The van der Waals surface area contributed by atoms with Gasteiger partial charge in [-0.1, -0.05) is 18.2 Å². The number of methoxy groups -OCH3 is 2. The van der Waals surface area contributed by atoms with Crippen molar-refractivity contribution in [2.45, 2.75) is 26.3 Å². The molecular formula is C23H27N3O5. The number of hydrogen-bond donors (Lipinski definition) is 2. The monoisotopic (exact) mass is 425 g/mol. The molecule has 0 radical (unpaired) electrons. The molecule has 0 bridgehead atoms. The van der Waals surface area contributed by atoms with Crippen molar-refractivity contribution in [2.24, 2.45) is 5.92 Å². The van der Waals surface area contributed by atoms with Crippen LogP contribution in [0.4, 0.5) is 11.4 Å². The molecule has 31 heavy (non-hydrogen) atoms. The zero-order valence-electron chi connectivity index (χ0n) is 18.1. The molecule has 8 nitrogen and oxygen atoms in total. The number of ether oxygens (including phenoxy) is 2. The van der Waals surface area contributed by atoms with Crippen molar-refractivity contribution in [2.75, 3.05) is 31.4 Å². The van der Waals surface area contributed by atoms with Crippen LogP contribution in [-0.4, -0.2) is 49.4 Å². The SMILES string of the molecule is COc1cc(NC(=O)[C@@H]2CC(=O)N(C(C)C)C2)c(OC)cc1NC(=O)c1ccccc1. The van der Waals surface area contributed by atoms with Gasteiger partial charge in [0.1, 0.15) is 11.5 Å².